The molecule has 3 heterocycles. The minimum Gasteiger partial charge on any atom is -0.434 e. The number of hydrogen-bond acceptors (Lipinski definition) is 6. The number of rotatable bonds is 6. The molecule has 1 saturated carbocycles. The summed E-state index contributed by atoms with van der Waals surface area (Å²) >= 11 is 1.37. The summed E-state index contributed by atoms with van der Waals surface area (Å²) in [5.41, 5.74) is 2.74. The first-order valence-electron chi connectivity index (χ1n) is 10.4. The van der Waals surface area contributed by atoms with Crippen molar-refractivity contribution in [1.82, 2.24) is 14.9 Å². The molecule has 166 valence electrons. The standard InChI is InChI=1S/C23H21F2N3O3S/c24-23(25)31-19-4-2-1-3-17(19)18-13-32-21(27-18)20-12-28(7-8-30-20)22(29)16-9-15(10-26-11-16)14-5-6-14/h1-4,9-11,13-14,20,23H,5-8,12H2. The number of thiazole rings is 1. The van der Waals surface area contributed by atoms with Crippen LogP contribution in [0.4, 0.5) is 8.78 Å². The topological polar surface area (TPSA) is 64.6 Å². The number of nitrogens with zero attached hydrogens (tertiary/aromatic N) is 3. The van der Waals surface area contributed by atoms with Gasteiger partial charge in [0, 0.05) is 29.9 Å². The van der Waals surface area contributed by atoms with E-state index in [0.29, 0.717) is 47.4 Å². The van der Waals surface area contributed by atoms with Gasteiger partial charge in [0.05, 0.1) is 24.4 Å². The molecule has 9 heteroatoms. The molecule has 5 rings (SSSR count). The lowest BCUT2D eigenvalue weighted by Crippen LogP contribution is -2.42. The molecule has 1 amide bonds. The number of alkyl halides is 2. The second-order valence-electron chi connectivity index (χ2n) is 7.84. The quantitative estimate of drug-likeness (QED) is 0.527. The molecule has 0 spiro atoms. The van der Waals surface area contributed by atoms with Gasteiger partial charge in [0.2, 0.25) is 0 Å². The van der Waals surface area contributed by atoms with Crippen LogP contribution in [-0.2, 0) is 4.74 Å². The predicted molar refractivity (Wildman–Crippen MR) is 115 cm³/mol. The molecule has 1 aliphatic heterocycles. The lowest BCUT2D eigenvalue weighted by Gasteiger charge is -2.32. The van der Waals surface area contributed by atoms with Crippen molar-refractivity contribution in [1.29, 1.82) is 0 Å². The molecule has 0 N–H and O–H groups in total. The second kappa shape index (κ2) is 8.91. The SMILES string of the molecule is O=C(c1cncc(C2CC2)c1)N1CCOC(c2nc(-c3ccccc3OC(F)F)cs2)C1. The minimum atomic E-state index is -2.91. The highest BCUT2D eigenvalue weighted by Crippen LogP contribution is 2.40. The van der Waals surface area contributed by atoms with Crippen molar-refractivity contribution in [3.05, 3.63) is 64.2 Å². The maximum atomic E-state index is 13.1. The van der Waals surface area contributed by atoms with Crippen molar-refractivity contribution in [2.24, 2.45) is 0 Å². The van der Waals surface area contributed by atoms with Crippen LogP contribution >= 0.6 is 11.3 Å². The highest BCUT2D eigenvalue weighted by atomic mass is 32.1. The molecule has 2 aromatic heterocycles. The molecule has 1 saturated heterocycles. The third kappa shape index (κ3) is 4.49. The van der Waals surface area contributed by atoms with E-state index < -0.39 is 6.61 Å². The summed E-state index contributed by atoms with van der Waals surface area (Å²) in [6.07, 6.45) is 5.37. The number of ether oxygens (including phenoxy) is 2. The van der Waals surface area contributed by atoms with Gasteiger partial charge in [0.25, 0.3) is 5.91 Å². The van der Waals surface area contributed by atoms with Gasteiger partial charge in [-0.3, -0.25) is 9.78 Å². The number of para-hydroxylation sites is 1. The molecule has 1 aromatic carbocycles. The summed E-state index contributed by atoms with van der Waals surface area (Å²) < 4.78 is 36.0. The van der Waals surface area contributed by atoms with E-state index >= 15 is 0 Å². The van der Waals surface area contributed by atoms with Crippen molar-refractivity contribution in [2.45, 2.75) is 31.5 Å². The zero-order chi connectivity index (χ0) is 22.1. The number of carbonyl (C=O) groups is 1. The van der Waals surface area contributed by atoms with E-state index in [4.69, 9.17) is 4.74 Å². The normalized spacial score (nSPS) is 18.7. The van der Waals surface area contributed by atoms with Gasteiger partial charge in [-0.2, -0.15) is 8.78 Å². The summed E-state index contributed by atoms with van der Waals surface area (Å²) in [7, 11) is 0. The monoisotopic (exact) mass is 457 g/mol. The van der Waals surface area contributed by atoms with Gasteiger partial charge in [0.1, 0.15) is 16.9 Å². The predicted octanol–water partition coefficient (Wildman–Crippen LogP) is 4.90. The number of aromatic nitrogens is 2. The summed E-state index contributed by atoms with van der Waals surface area (Å²) in [4.78, 5) is 23.7. The maximum Gasteiger partial charge on any atom is 0.387 e. The Morgan fingerprint density at radius 1 is 1.25 bits per heavy atom. The molecule has 2 aliphatic rings. The molecule has 0 radical (unpaired) electrons. The first-order chi connectivity index (χ1) is 15.6. The van der Waals surface area contributed by atoms with Crippen LogP contribution in [0.5, 0.6) is 5.75 Å². The summed E-state index contributed by atoms with van der Waals surface area (Å²) in [6.45, 7) is -1.66. The van der Waals surface area contributed by atoms with Crippen molar-refractivity contribution in [3.8, 4) is 17.0 Å². The van der Waals surface area contributed by atoms with Crippen molar-refractivity contribution < 1.29 is 23.0 Å². The van der Waals surface area contributed by atoms with Crippen LogP contribution < -0.4 is 4.74 Å². The van der Waals surface area contributed by atoms with E-state index in [-0.39, 0.29) is 17.8 Å². The Bertz CT molecular complexity index is 1120. The summed E-state index contributed by atoms with van der Waals surface area (Å²) in [5, 5.41) is 2.48. The Morgan fingerprint density at radius 2 is 2.09 bits per heavy atom. The average molecular weight is 458 g/mol. The molecule has 3 aromatic rings. The van der Waals surface area contributed by atoms with Crippen LogP contribution in [0.25, 0.3) is 11.3 Å². The molecule has 32 heavy (non-hydrogen) atoms. The van der Waals surface area contributed by atoms with Gasteiger partial charge < -0.3 is 14.4 Å². The van der Waals surface area contributed by atoms with Crippen LogP contribution in [-0.4, -0.2) is 47.1 Å². The zero-order valence-electron chi connectivity index (χ0n) is 17.1. The molecule has 2 fully saturated rings. The number of amides is 1. The third-order valence-electron chi connectivity index (χ3n) is 5.59. The smallest absolute Gasteiger partial charge is 0.387 e. The fraction of sp³-hybridized carbons (Fsp3) is 0.348. The lowest BCUT2D eigenvalue weighted by molar-refractivity contribution is -0.0494. The fourth-order valence-electron chi connectivity index (χ4n) is 3.82. The third-order valence-corrected chi connectivity index (χ3v) is 6.52. The Balaban J connectivity index is 1.32. The molecular weight excluding hydrogens is 436 g/mol. The van der Waals surface area contributed by atoms with Gasteiger partial charge in [-0.1, -0.05) is 12.1 Å². The number of hydrogen-bond donors (Lipinski definition) is 0. The van der Waals surface area contributed by atoms with E-state index in [1.807, 2.05) is 12.3 Å². The minimum absolute atomic E-state index is 0.0687. The van der Waals surface area contributed by atoms with Gasteiger partial charge in [-0.15, -0.1) is 11.3 Å². The Kier molecular flexibility index (Phi) is 5.84. The first-order valence-corrected chi connectivity index (χ1v) is 11.3. The number of halogens is 2. The molecular formula is C23H21F2N3O3S. The highest BCUT2D eigenvalue weighted by Gasteiger charge is 2.30. The second-order valence-corrected chi connectivity index (χ2v) is 8.73. The van der Waals surface area contributed by atoms with Crippen molar-refractivity contribution in [3.63, 3.8) is 0 Å². The van der Waals surface area contributed by atoms with E-state index in [9.17, 15) is 13.6 Å². The number of carbonyl (C=O) groups excluding carboxylic acids is 1. The van der Waals surface area contributed by atoms with Crippen LogP contribution in [0.2, 0.25) is 0 Å². The zero-order valence-corrected chi connectivity index (χ0v) is 17.9. The number of morpholine rings is 1. The van der Waals surface area contributed by atoms with E-state index in [0.717, 1.165) is 18.4 Å². The van der Waals surface area contributed by atoms with Gasteiger partial charge in [-0.05, 0) is 42.5 Å². The van der Waals surface area contributed by atoms with E-state index in [1.165, 1.54) is 17.4 Å². The largest absolute Gasteiger partial charge is 0.434 e. The number of benzene rings is 1. The van der Waals surface area contributed by atoms with Crippen molar-refractivity contribution in [2.75, 3.05) is 19.7 Å². The molecule has 1 unspecified atom stereocenters. The number of pyridine rings is 1. The van der Waals surface area contributed by atoms with Gasteiger partial charge in [0.15, 0.2) is 0 Å². The van der Waals surface area contributed by atoms with Crippen LogP contribution in [0.1, 0.15) is 45.8 Å². The molecule has 1 aliphatic carbocycles. The van der Waals surface area contributed by atoms with Gasteiger partial charge in [-0.25, -0.2) is 4.98 Å². The first kappa shape index (κ1) is 21.0. The Morgan fingerprint density at radius 3 is 2.91 bits per heavy atom. The average Bonchev–Trinajstić information content (AvgIpc) is 3.55. The molecule has 6 nitrogen and oxygen atoms in total. The lowest BCUT2D eigenvalue weighted by atomic mass is 10.1. The Hall–Kier alpha value is -2.91. The van der Waals surface area contributed by atoms with Crippen LogP contribution in [0.3, 0.4) is 0 Å². The van der Waals surface area contributed by atoms with Crippen molar-refractivity contribution >= 4 is 17.2 Å². The highest BCUT2D eigenvalue weighted by molar-refractivity contribution is 7.10. The molecule has 1 atom stereocenters. The maximum absolute atomic E-state index is 13.1. The summed E-state index contributed by atoms with van der Waals surface area (Å²) in [6, 6.07) is 8.50. The van der Waals surface area contributed by atoms with Gasteiger partial charge >= 0.3 is 6.61 Å². The van der Waals surface area contributed by atoms with Crippen LogP contribution in [0, 0.1) is 0 Å². The fourth-order valence-corrected chi connectivity index (χ4v) is 4.67. The molecule has 0 bridgehead atoms. The van der Waals surface area contributed by atoms with E-state index in [2.05, 4.69) is 14.7 Å². The summed E-state index contributed by atoms with van der Waals surface area (Å²) in [5.74, 6) is 0.530. The van der Waals surface area contributed by atoms with E-state index in [1.54, 1.807) is 34.7 Å². The van der Waals surface area contributed by atoms with Crippen LogP contribution in [0.15, 0.2) is 48.1 Å². The Labute approximate surface area is 187 Å².